The van der Waals surface area contributed by atoms with Crippen LogP contribution in [0.3, 0.4) is 0 Å². The van der Waals surface area contributed by atoms with Crippen molar-refractivity contribution in [3.63, 3.8) is 0 Å². The molecule has 5 rings (SSSR count). The number of alkyl halides is 1. The summed E-state index contributed by atoms with van der Waals surface area (Å²) in [6.07, 6.45) is 5.95. The van der Waals surface area contributed by atoms with Crippen LogP contribution in [-0.4, -0.2) is 54.1 Å². The number of aromatic nitrogens is 2. The number of rotatable bonds is 4. The molecule has 0 unspecified atom stereocenters. The van der Waals surface area contributed by atoms with E-state index < -0.39 is 5.67 Å². The molecular formula is C21H21FN4O3. The van der Waals surface area contributed by atoms with Gasteiger partial charge in [0.2, 0.25) is 0 Å². The summed E-state index contributed by atoms with van der Waals surface area (Å²) in [5.74, 6) is 0.910. The van der Waals surface area contributed by atoms with Crippen molar-refractivity contribution in [1.29, 1.82) is 0 Å². The Morgan fingerprint density at radius 3 is 2.72 bits per heavy atom. The van der Waals surface area contributed by atoms with Crippen molar-refractivity contribution >= 4 is 22.7 Å². The maximum absolute atomic E-state index is 14.4. The number of ether oxygens (including phenoxy) is 1. The lowest BCUT2D eigenvalue weighted by Gasteiger charge is -2.36. The number of anilines is 1. The van der Waals surface area contributed by atoms with Crippen LogP contribution in [0.15, 0.2) is 41.2 Å². The molecule has 1 amide bonds. The van der Waals surface area contributed by atoms with Crippen LogP contribution in [0.4, 0.5) is 10.1 Å². The number of carbonyl (C=O) groups excluding carboxylic acids is 1. The van der Waals surface area contributed by atoms with Crippen LogP contribution >= 0.6 is 0 Å². The maximum atomic E-state index is 14.4. The molecular weight excluding hydrogens is 375 g/mol. The van der Waals surface area contributed by atoms with E-state index in [0.717, 1.165) is 11.4 Å². The summed E-state index contributed by atoms with van der Waals surface area (Å²) >= 11 is 0. The summed E-state index contributed by atoms with van der Waals surface area (Å²) in [6, 6.07) is 5.09. The highest BCUT2D eigenvalue weighted by molar-refractivity contribution is 6.04. The number of methoxy groups -OCH3 is 1. The number of hydrogen-bond donors (Lipinski definition) is 0. The van der Waals surface area contributed by atoms with E-state index in [1.54, 1.807) is 42.7 Å². The fourth-order valence-electron chi connectivity index (χ4n) is 3.79. The predicted molar refractivity (Wildman–Crippen MR) is 105 cm³/mol. The molecule has 0 bridgehead atoms. The SMILES string of the molecule is COc1ccncc1N1CCN(C(=O)c2ccnc3cc(C4(F)CC4)oc23)CC1. The van der Waals surface area contributed by atoms with E-state index >= 15 is 0 Å². The van der Waals surface area contributed by atoms with Crippen molar-refractivity contribution in [1.82, 2.24) is 14.9 Å². The predicted octanol–water partition coefficient (Wildman–Crippen LogP) is 3.15. The molecule has 1 aliphatic heterocycles. The van der Waals surface area contributed by atoms with Crippen molar-refractivity contribution in [3.8, 4) is 5.75 Å². The number of pyridine rings is 2. The Kier molecular flexibility index (Phi) is 4.15. The van der Waals surface area contributed by atoms with E-state index in [1.807, 2.05) is 6.07 Å². The number of hydrogen-bond acceptors (Lipinski definition) is 6. The Bertz CT molecular complexity index is 1070. The Morgan fingerprint density at radius 2 is 2.00 bits per heavy atom. The molecule has 2 fully saturated rings. The van der Waals surface area contributed by atoms with Crippen LogP contribution in [0, 0.1) is 0 Å². The number of carbonyl (C=O) groups is 1. The fraction of sp³-hybridized carbons (Fsp3) is 0.381. The van der Waals surface area contributed by atoms with Gasteiger partial charge in [-0.15, -0.1) is 0 Å². The normalized spacial score (nSPS) is 18.1. The molecule has 29 heavy (non-hydrogen) atoms. The highest BCUT2D eigenvalue weighted by atomic mass is 19.1. The van der Waals surface area contributed by atoms with E-state index in [4.69, 9.17) is 9.15 Å². The summed E-state index contributed by atoms with van der Waals surface area (Å²) in [5, 5.41) is 0. The molecule has 7 nitrogen and oxygen atoms in total. The third kappa shape index (κ3) is 3.08. The van der Waals surface area contributed by atoms with Crippen molar-refractivity contribution < 1.29 is 18.3 Å². The summed E-state index contributed by atoms with van der Waals surface area (Å²) in [5.41, 5.74) is 0.844. The van der Waals surface area contributed by atoms with Crippen molar-refractivity contribution in [2.75, 3.05) is 38.2 Å². The number of piperazine rings is 1. The number of halogens is 1. The molecule has 1 saturated carbocycles. The smallest absolute Gasteiger partial charge is 0.257 e. The van der Waals surface area contributed by atoms with Gasteiger partial charge in [-0.25, -0.2) is 4.39 Å². The quantitative estimate of drug-likeness (QED) is 0.675. The molecule has 8 heteroatoms. The van der Waals surface area contributed by atoms with Crippen LogP contribution in [0.25, 0.3) is 11.1 Å². The van der Waals surface area contributed by atoms with Crippen LogP contribution in [0.2, 0.25) is 0 Å². The standard InChI is InChI=1S/C21H21FN4O3/c1-28-17-3-6-23-13-16(17)25-8-10-26(11-9-25)20(27)14-2-7-24-15-12-18(29-19(14)15)21(22)4-5-21/h2-3,6-7,12-13H,4-5,8-11H2,1H3. The average Bonchev–Trinajstić information content (AvgIpc) is 3.36. The maximum Gasteiger partial charge on any atom is 0.257 e. The molecule has 0 atom stereocenters. The van der Waals surface area contributed by atoms with Gasteiger partial charge in [0.1, 0.15) is 17.0 Å². The van der Waals surface area contributed by atoms with Crippen LogP contribution in [-0.2, 0) is 5.67 Å². The first-order chi connectivity index (χ1) is 14.1. The third-order valence-corrected chi connectivity index (χ3v) is 5.66. The molecule has 1 aliphatic carbocycles. The van der Waals surface area contributed by atoms with Crippen molar-refractivity contribution in [2.24, 2.45) is 0 Å². The molecule has 0 N–H and O–H groups in total. The Balaban J connectivity index is 1.35. The molecule has 2 aliphatic rings. The van der Waals surface area contributed by atoms with E-state index in [9.17, 15) is 9.18 Å². The van der Waals surface area contributed by atoms with Crippen LogP contribution in [0.1, 0.15) is 29.0 Å². The molecule has 0 aromatic carbocycles. The van der Waals surface area contributed by atoms with Gasteiger partial charge in [0.05, 0.1) is 24.6 Å². The molecule has 4 heterocycles. The fourth-order valence-corrected chi connectivity index (χ4v) is 3.79. The monoisotopic (exact) mass is 396 g/mol. The first-order valence-electron chi connectivity index (χ1n) is 9.69. The Hall–Kier alpha value is -3.16. The minimum Gasteiger partial charge on any atom is -0.494 e. The van der Waals surface area contributed by atoms with Gasteiger partial charge in [-0.1, -0.05) is 0 Å². The molecule has 0 radical (unpaired) electrons. The number of furan rings is 1. The van der Waals surface area contributed by atoms with Gasteiger partial charge in [0.25, 0.3) is 5.91 Å². The second-order valence-electron chi connectivity index (χ2n) is 7.48. The van der Waals surface area contributed by atoms with Gasteiger partial charge in [0.15, 0.2) is 11.3 Å². The van der Waals surface area contributed by atoms with E-state index in [-0.39, 0.29) is 11.7 Å². The third-order valence-electron chi connectivity index (χ3n) is 5.66. The van der Waals surface area contributed by atoms with E-state index in [1.165, 1.54) is 0 Å². The van der Waals surface area contributed by atoms with Crippen molar-refractivity contribution in [3.05, 3.63) is 48.1 Å². The number of nitrogens with zero attached hydrogens (tertiary/aromatic N) is 4. The summed E-state index contributed by atoms with van der Waals surface area (Å²) < 4.78 is 25.5. The summed E-state index contributed by atoms with van der Waals surface area (Å²) in [4.78, 5) is 25.5. The minimum absolute atomic E-state index is 0.125. The topological polar surface area (TPSA) is 71.7 Å². The first-order valence-corrected chi connectivity index (χ1v) is 9.69. The second-order valence-corrected chi connectivity index (χ2v) is 7.48. The van der Waals surface area contributed by atoms with Gasteiger partial charge in [-0.2, -0.15) is 0 Å². The van der Waals surface area contributed by atoms with Gasteiger partial charge in [-0.05, 0) is 18.9 Å². The molecule has 0 spiro atoms. The first kappa shape index (κ1) is 17.9. The zero-order valence-electron chi connectivity index (χ0n) is 16.1. The van der Waals surface area contributed by atoms with E-state index in [2.05, 4.69) is 14.9 Å². The second kappa shape index (κ2) is 6.72. The Morgan fingerprint density at radius 1 is 1.21 bits per heavy atom. The van der Waals surface area contributed by atoms with Crippen LogP contribution < -0.4 is 9.64 Å². The zero-order chi connectivity index (χ0) is 20.0. The minimum atomic E-state index is -1.39. The zero-order valence-corrected chi connectivity index (χ0v) is 16.1. The lowest BCUT2D eigenvalue weighted by atomic mass is 10.1. The number of amides is 1. The Labute approximate surface area is 167 Å². The molecule has 3 aromatic rings. The lowest BCUT2D eigenvalue weighted by molar-refractivity contribution is 0.0747. The van der Waals surface area contributed by atoms with Crippen molar-refractivity contribution in [2.45, 2.75) is 18.5 Å². The largest absolute Gasteiger partial charge is 0.494 e. The molecule has 1 saturated heterocycles. The molecule has 3 aromatic heterocycles. The lowest BCUT2D eigenvalue weighted by Crippen LogP contribution is -2.49. The average molecular weight is 396 g/mol. The van der Waals surface area contributed by atoms with Gasteiger partial charge >= 0.3 is 0 Å². The highest BCUT2D eigenvalue weighted by Gasteiger charge is 2.48. The van der Waals surface area contributed by atoms with Gasteiger partial charge in [0, 0.05) is 50.7 Å². The van der Waals surface area contributed by atoms with Crippen LogP contribution in [0.5, 0.6) is 5.75 Å². The summed E-state index contributed by atoms with van der Waals surface area (Å²) in [7, 11) is 1.63. The van der Waals surface area contributed by atoms with E-state index in [0.29, 0.717) is 55.7 Å². The highest BCUT2D eigenvalue weighted by Crippen LogP contribution is 2.50. The summed E-state index contributed by atoms with van der Waals surface area (Å²) in [6.45, 7) is 2.45. The van der Waals surface area contributed by atoms with Gasteiger partial charge in [-0.3, -0.25) is 14.8 Å². The number of fused-ring (bicyclic) bond motifs is 1. The molecule has 150 valence electrons. The van der Waals surface area contributed by atoms with Gasteiger partial charge < -0.3 is 19.0 Å².